The molecule has 1 spiro atoms. The van der Waals surface area contributed by atoms with Gasteiger partial charge in [0.05, 0.1) is 23.9 Å². The number of benzene rings is 2. The summed E-state index contributed by atoms with van der Waals surface area (Å²) >= 11 is 5.56. The van der Waals surface area contributed by atoms with Crippen molar-refractivity contribution in [1.29, 1.82) is 5.26 Å². The summed E-state index contributed by atoms with van der Waals surface area (Å²) < 4.78 is 61.7. The minimum Gasteiger partial charge on any atom is -0.488 e. The van der Waals surface area contributed by atoms with Crippen molar-refractivity contribution in [1.82, 2.24) is 0 Å². The smallest absolute Gasteiger partial charge is 0.420 e. The van der Waals surface area contributed by atoms with Crippen LogP contribution in [0.1, 0.15) is 42.4 Å². The van der Waals surface area contributed by atoms with E-state index in [0.717, 1.165) is 22.6 Å². The number of aliphatic hydroxyl groups excluding tert-OH is 1. The van der Waals surface area contributed by atoms with E-state index in [4.69, 9.17) is 22.2 Å². The van der Waals surface area contributed by atoms with Crippen LogP contribution in [0.3, 0.4) is 0 Å². The van der Waals surface area contributed by atoms with Gasteiger partial charge in [0, 0.05) is 5.69 Å². The highest BCUT2D eigenvalue weighted by molar-refractivity contribution is 7.81. The summed E-state index contributed by atoms with van der Waals surface area (Å²) in [7, 11) is 0. The molecule has 5 rings (SSSR count). The molecule has 0 unspecified atom stereocenters. The number of alkyl halides is 3. The number of thiocarbonyl (C=S) groups is 1. The Kier molecular flexibility index (Phi) is 5.49. The zero-order valence-corrected chi connectivity index (χ0v) is 19.0. The van der Waals surface area contributed by atoms with Gasteiger partial charge in [-0.3, -0.25) is 9.69 Å². The molecule has 1 aliphatic carbocycles. The summed E-state index contributed by atoms with van der Waals surface area (Å²) in [6.07, 6.45) is -2.69. The number of carbonyl (C=O) groups excluding carboxylic acids is 1. The molecule has 1 N–H and O–H groups in total. The Hall–Kier alpha value is -3.23. The van der Waals surface area contributed by atoms with E-state index in [9.17, 15) is 23.1 Å². The number of nitriles is 1. The quantitative estimate of drug-likeness (QED) is 0.490. The SMILES string of the molecule is N#Cc1ccc(N2C(=O)C3(CCC3)N(c3ccc4c(c3)CC[C@H](CO)O4)C2=S)c(F)c1C(F)(F)F. The highest BCUT2D eigenvalue weighted by Gasteiger charge is 2.60. The molecule has 1 atom stereocenters. The predicted molar refractivity (Wildman–Crippen MR) is 122 cm³/mol. The maximum absolute atomic E-state index is 15.2. The number of hydrogen-bond donors (Lipinski definition) is 1. The molecule has 1 saturated heterocycles. The molecule has 1 amide bonds. The monoisotopic (exact) mass is 505 g/mol. The Balaban J connectivity index is 1.59. The van der Waals surface area contributed by atoms with Crippen LogP contribution in [0, 0.1) is 17.1 Å². The number of ether oxygens (including phenoxy) is 1. The van der Waals surface area contributed by atoms with Crippen LogP contribution in [0.4, 0.5) is 28.9 Å². The lowest BCUT2D eigenvalue weighted by Crippen LogP contribution is -2.55. The number of fused-ring (bicyclic) bond motifs is 1. The highest BCUT2D eigenvalue weighted by atomic mass is 32.1. The van der Waals surface area contributed by atoms with Gasteiger partial charge in [-0.2, -0.15) is 18.4 Å². The molecule has 0 aromatic heterocycles. The van der Waals surface area contributed by atoms with E-state index in [1.165, 1.54) is 6.07 Å². The Morgan fingerprint density at radius 2 is 2.00 bits per heavy atom. The van der Waals surface area contributed by atoms with Gasteiger partial charge in [0.15, 0.2) is 10.9 Å². The van der Waals surface area contributed by atoms with Gasteiger partial charge in [-0.15, -0.1) is 0 Å². The normalized spacial score (nSPS) is 21.0. The minimum absolute atomic E-state index is 0.111. The number of aryl methyl sites for hydroxylation is 1. The van der Waals surface area contributed by atoms with Crippen molar-refractivity contribution in [3.8, 4) is 11.8 Å². The van der Waals surface area contributed by atoms with Gasteiger partial charge in [0.2, 0.25) is 0 Å². The zero-order chi connectivity index (χ0) is 25.1. The topological polar surface area (TPSA) is 76.8 Å². The van der Waals surface area contributed by atoms with Crippen LogP contribution >= 0.6 is 12.2 Å². The Bertz CT molecular complexity index is 1290. The summed E-state index contributed by atoms with van der Waals surface area (Å²) in [6, 6.07) is 8.40. The first kappa shape index (κ1) is 23.5. The summed E-state index contributed by atoms with van der Waals surface area (Å²) in [5.41, 5.74) is -2.94. The van der Waals surface area contributed by atoms with E-state index in [2.05, 4.69) is 0 Å². The van der Waals surface area contributed by atoms with E-state index in [1.54, 1.807) is 17.0 Å². The second kappa shape index (κ2) is 8.17. The predicted octanol–water partition coefficient (Wildman–Crippen LogP) is 4.46. The first-order valence-electron chi connectivity index (χ1n) is 11.0. The van der Waals surface area contributed by atoms with Crippen molar-refractivity contribution in [2.45, 2.75) is 49.9 Å². The minimum atomic E-state index is -5.13. The van der Waals surface area contributed by atoms with E-state index >= 15 is 4.39 Å². The molecule has 2 aromatic rings. The van der Waals surface area contributed by atoms with Crippen LogP contribution in [-0.4, -0.2) is 34.4 Å². The largest absolute Gasteiger partial charge is 0.488 e. The van der Waals surface area contributed by atoms with E-state index in [0.29, 0.717) is 43.5 Å². The van der Waals surface area contributed by atoms with Crippen molar-refractivity contribution in [2.75, 3.05) is 16.4 Å². The van der Waals surface area contributed by atoms with Gasteiger partial charge in [-0.1, -0.05) is 0 Å². The average Bonchev–Trinajstić information content (AvgIpc) is 3.04. The van der Waals surface area contributed by atoms with Gasteiger partial charge in [-0.05, 0) is 80.2 Å². The fourth-order valence-corrected chi connectivity index (χ4v) is 5.46. The van der Waals surface area contributed by atoms with Crippen molar-refractivity contribution in [3.05, 3.63) is 52.8 Å². The molecule has 2 fully saturated rings. The number of anilines is 2. The molecule has 6 nitrogen and oxygen atoms in total. The molecule has 3 aliphatic rings. The van der Waals surface area contributed by atoms with Crippen molar-refractivity contribution < 1.29 is 32.2 Å². The first-order chi connectivity index (χ1) is 16.6. The molecule has 2 heterocycles. The molecular weight excluding hydrogens is 486 g/mol. The molecule has 182 valence electrons. The summed E-state index contributed by atoms with van der Waals surface area (Å²) in [5.74, 6) is -1.71. The molecular formula is C24H19F4N3O3S. The fraction of sp³-hybridized carbons (Fsp3) is 0.375. The first-order valence-corrected chi connectivity index (χ1v) is 11.4. The van der Waals surface area contributed by atoms with Crippen LogP contribution in [0.25, 0.3) is 0 Å². The lowest BCUT2D eigenvalue weighted by molar-refractivity contribution is -0.140. The van der Waals surface area contributed by atoms with Crippen LogP contribution in [-0.2, 0) is 17.4 Å². The molecule has 1 saturated carbocycles. The average molecular weight is 505 g/mol. The Labute approximate surface area is 203 Å². The molecule has 2 aromatic carbocycles. The second-order valence-corrected chi connectivity index (χ2v) is 9.19. The number of rotatable bonds is 3. The standard InChI is InChI=1S/C24H19F4N3O3S/c25-20-17(6-3-14(11-29)19(20)24(26,27)28)30-21(33)23(8-1-9-23)31(22(30)35)15-4-7-18-13(10-15)2-5-16(12-32)34-18/h3-4,6-7,10,16,32H,1-2,5,8-9,12H2/t16-/m1/s1. The van der Waals surface area contributed by atoms with Crippen molar-refractivity contribution in [3.63, 3.8) is 0 Å². The Morgan fingerprint density at radius 1 is 1.26 bits per heavy atom. The lowest BCUT2D eigenvalue weighted by Gasteiger charge is -2.43. The number of halogens is 4. The van der Waals surface area contributed by atoms with E-state index in [-0.39, 0.29) is 17.8 Å². The number of nitrogens with zero attached hydrogens (tertiary/aromatic N) is 3. The second-order valence-electron chi connectivity index (χ2n) is 8.83. The van der Waals surface area contributed by atoms with Crippen molar-refractivity contribution >= 4 is 34.6 Å². The lowest BCUT2D eigenvalue weighted by atomic mass is 9.75. The van der Waals surface area contributed by atoms with E-state index < -0.39 is 40.3 Å². The number of aliphatic hydroxyl groups is 1. The van der Waals surface area contributed by atoms with Crippen LogP contribution in [0.15, 0.2) is 30.3 Å². The summed E-state index contributed by atoms with van der Waals surface area (Å²) in [5, 5.41) is 18.3. The molecule has 2 aliphatic heterocycles. The number of carbonyl (C=O) groups is 1. The summed E-state index contributed by atoms with van der Waals surface area (Å²) in [4.78, 5) is 16.0. The van der Waals surface area contributed by atoms with Crippen LogP contribution in [0.2, 0.25) is 0 Å². The number of amides is 1. The third-order valence-electron chi connectivity index (χ3n) is 6.89. The van der Waals surface area contributed by atoms with Gasteiger partial charge < -0.3 is 14.7 Å². The third-order valence-corrected chi connectivity index (χ3v) is 7.26. The fourth-order valence-electron chi connectivity index (χ4n) is 5.00. The third kappa shape index (κ3) is 3.46. The molecule has 35 heavy (non-hydrogen) atoms. The Morgan fingerprint density at radius 3 is 2.60 bits per heavy atom. The zero-order valence-electron chi connectivity index (χ0n) is 18.2. The van der Waals surface area contributed by atoms with E-state index in [1.807, 2.05) is 6.07 Å². The molecule has 0 radical (unpaired) electrons. The van der Waals surface area contributed by atoms with Crippen LogP contribution < -0.4 is 14.5 Å². The highest BCUT2D eigenvalue weighted by Crippen LogP contribution is 2.49. The summed E-state index contributed by atoms with van der Waals surface area (Å²) in [6.45, 7) is -0.111. The van der Waals surface area contributed by atoms with Crippen LogP contribution in [0.5, 0.6) is 5.75 Å². The van der Waals surface area contributed by atoms with Gasteiger partial charge in [0.25, 0.3) is 5.91 Å². The van der Waals surface area contributed by atoms with Gasteiger partial charge in [-0.25, -0.2) is 4.39 Å². The molecule has 0 bridgehead atoms. The van der Waals surface area contributed by atoms with Crippen molar-refractivity contribution in [2.24, 2.45) is 0 Å². The number of hydrogen-bond acceptors (Lipinski definition) is 5. The van der Waals surface area contributed by atoms with Gasteiger partial charge in [0.1, 0.15) is 23.0 Å². The molecule has 11 heteroatoms. The maximum atomic E-state index is 15.2. The maximum Gasteiger partial charge on any atom is 0.420 e. The van der Waals surface area contributed by atoms with Gasteiger partial charge >= 0.3 is 6.18 Å².